The monoisotopic (exact) mass is 410 g/mol. The molecular formula is C26H38N2O2. The van der Waals surface area contributed by atoms with E-state index in [1.54, 1.807) is 24.3 Å². The minimum Gasteiger partial charge on any atom is -0.398 e. The summed E-state index contributed by atoms with van der Waals surface area (Å²) in [5.41, 5.74) is 14.6. The lowest BCUT2D eigenvalue weighted by Gasteiger charge is -2.10. The first-order valence-electron chi connectivity index (χ1n) is 10.7. The number of carbonyl (C=O) groups is 2. The van der Waals surface area contributed by atoms with Gasteiger partial charge in [0.2, 0.25) is 0 Å². The van der Waals surface area contributed by atoms with Crippen LogP contribution in [-0.4, -0.2) is 18.1 Å². The summed E-state index contributed by atoms with van der Waals surface area (Å²) in [6.45, 7) is 10.2. The van der Waals surface area contributed by atoms with E-state index in [0.717, 1.165) is 25.8 Å². The third-order valence-corrected chi connectivity index (χ3v) is 4.36. The van der Waals surface area contributed by atoms with E-state index in [4.69, 9.17) is 11.5 Å². The van der Waals surface area contributed by atoms with Crippen LogP contribution < -0.4 is 11.5 Å². The lowest BCUT2D eigenvalue weighted by atomic mass is 9.95. The molecule has 0 saturated heterocycles. The second-order valence-electron chi connectivity index (χ2n) is 6.83. The highest BCUT2D eigenvalue weighted by Crippen LogP contribution is 2.20. The van der Waals surface area contributed by atoms with Crippen LogP contribution in [0.1, 0.15) is 85.7 Å². The number of allylic oxidation sites excluding steroid dienone is 1. The van der Waals surface area contributed by atoms with Gasteiger partial charge in [-0.3, -0.25) is 9.59 Å². The Morgan fingerprint density at radius 2 is 1.57 bits per heavy atom. The maximum Gasteiger partial charge on any atom is 0.163 e. The molecule has 0 unspecified atom stereocenters. The fourth-order valence-corrected chi connectivity index (χ4v) is 2.59. The highest BCUT2D eigenvalue weighted by molar-refractivity contribution is 6.03. The van der Waals surface area contributed by atoms with Crippen molar-refractivity contribution in [2.24, 2.45) is 11.5 Å². The molecule has 2 aromatic carbocycles. The number of hydrogen-bond donors (Lipinski definition) is 2. The van der Waals surface area contributed by atoms with Crippen LogP contribution in [0.3, 0.4) is 0 Å². The largest absolute Gasteiger partial charge is 0.398 e. The van der Waals surface area contributed by atoms with Crippen LogP contribution in [0.4, 0.5) is 0 Å². The number of rotatable bonds is 7. The molecule has 164 valence electrons. The van der Waals surface area contributed by atoms with Gasteiger partial charge in [-0.05, 0) is 44.9 Å². The first-order valence-corrected chi connectivity index (χ1v) is 10.7. The number of Topliss-reactive ketones (excluding diaryl/α,β-unsaturated/α-hetero) is 2. The highest BCUT2D eigenvalue weighted by atomic mass is 16.1. The number of ketones is 2. The Bertz CT molecular complexity index is 796. The van der Waals surface area contributed by atoms with Crippen LogP contribution in [0.15, 0.2) is 54.6 Å². The van der Waals surface area contributed by atoms with E-state index in [-0.39, 0.29) is 11.6 Å². The molecule has 0 heterocycles. The van der Waals surface area contributed by atoms with Crippen molar-refractivity contribution in [2.75, 3.05) is 6.54 Å². The van der Waals surface area contributed by atoms with Gasteiger partial charge in [-0.1, -0.05) is 75.7 Å². The Hall–Kier alpha value is -2.72. The van der Waals surface area contributed by atoms with E-state index < -0.39 is 0 Å². The number of unbranched alkanes of at least 4 members (excludes halogenated alkanes) is 1. The molecule has 2 aromatic rings. The predicted molar refractivity (Wildman–Crippen MR) is 129 cm³/mol. The lowest BCUT2D eigenvalue weighted by Crippen LogP contribution is -2.09. The highest BCUT2D eigenvalue weighted by Gasteiger charge is 2.14. The molecule has 0 fully saturated rings. The molecule has 0 bridgehead atoms. The lowest BCUT2D eigenvalue weighted by molar-refractivity contribution is 0.0979. The number of benzene rings is 2. The third kappa shape index (κ3) is 10.2. The van der Waals surface area contributed by atoms with Crippen molar-refractivity contribution >= 4 is 17.3 Å². The molecular weight excluding hydrogens is 372 g/mol. The van der Waals surface area contributed by atoms with Gasteiger partial charge in [0.15, 0.2) is 11.6 Å². The summed E-state index contributed by atoms with van der Waals surface area (Å²) < 4.78 is 0. The number of aryl methyl sites for hydroxylation is 1. The van der Waals surface area contributed by atoms with Crippen LogP contribution >= 0.6 is 0 Å². The molecule has 4 nitrogen and oxygen atoms in total. The maximum absolute atomic E-state index is 12.2. The first kappa shape index (κ1) is 27.3. The normalized spacial score (nSPS) is 10.3. The van der Waals surface area contributed by atoms with Gasteiger partial charge in [-0.2, -0.15) is 0 Å². The molecule has 30 heavy (non-hydrogen) atoms. The fraction of sp³-hybridized carbons (Fsp3) is 0.385. The van der Waals surface area contributed by atoms with Crippen molar-refractivity contribution in [2.45, 2.75) is 60.3 Å². The summed E-state index contributed by atoms with van der Waals surface area (Å²) >= 11 is 0. The number of hydrogen-bond acceptors (Lipinski definition) is 4. The van der Waals surface area contributed by atoms with Crippen molar-refractivity contribution in [3.8, 4) is 0 Å². The van der Waals surface area contributed by atoms with Crippen LogP contribution in [0.25, 0.3) is 5.70 Å². The molecule has 0 amide bonds. The second-order valence-corrected chi connectivity index (χ2v) is 6.83. The molecule has 0 radical (unpaired) electrons. The molecule has 0 spiro atoms. The standard InChI is InChI=1S/C16H21NO2.C8H10.C2H7N/c1-4-6-7-16(19)14-10-12(11(3)18)8-9-13(14)15(17)5-2;1-2-8-6-4-3-5-7-8;1-2-3/h5,8-10H,4,6-7,17H2,1-3H3;3-7H,2H2,1H3;2-3H2,1H3/b15-5+;;. The molecule has 0 aliphatic rings. The van der Waals surface area contributed by atoms with Gasteiger partial charge in [-0.25, -0.2) is 0 Å². The number of nitrogens with two attached hydrogens (primary N) is 2. The SMILES string of the molecule is C/C=C(/N)c1ccc(C(C)=O)cc1C(=O)CCCC.CCN.CCc1ccccc1. The van der Waals surface area contributed by atoms with E-state index in [1.807, 2.05) is 26.8 Å². The van der Waals surface area contributed by atoms with Gasteiger partial charge in [0.05, 0.1) is 0 Å². The van der Waals surface area contributed by atoms with Crippen LogP contribution in [0.2, 0.25) is 0 Å². The van der Waals surface area contributed by atoms with Crippen molar-refractivity contribution in [3.63, 3.8) is 0 Å². The van der Waals surface area contributed by atoms with Gasteiger partial charge >= 0.3 is 0 Å². The van der Waals surface area contributed by atoms with Crippen LogP contribution in [0, 0.1) is 0 Å². The summed E-state index contributed by atoms with van der Waals surface area (Å²) in [5.74, 6) is -0.000101. The van der Waals surface area contributed by atoms with Crippen molar-refractivity contribution < 1.29 is 9.59 Å². The molecule has 0 aromatic heterocycles. The average Bonchev–Trinajstić information content (AvgIpc) is 2.77. The van der Waals surface area contributed by atoms with Gasteiger partial charge < -0.3 is 11.5 Å². The molecule has 0 aliphatic carbocycles. The topological polar surface area (TPSA) is 86.2 Å². The maximum atomic E-state index is 12.2. The van der Waals surface area contributed by atoms with Crippen molar-refractivity contribution in [1.82, 2.24) is 0 Å². The Kier molecular flexibility index (Phi) is 14.7. The zero-order valence-electron chi connectivity index (χ0n) is 19.2. The Morgan fingerprint density at radius 1 is 0.967 bits per heavy atom. The van der Waals surface area contributed by atoms with Crippen molar-refractivity contribution in [3.05, 3.63) is 76.9 Å². The van der Waals surface area contributed by atoms with Gasteiger partial charge in [0, 0.05) is 28.8 Å². The predicted octanol–water partition coefficient (Wildman–Crippen LogP) is 5.80. The van der Waals surface area contributed by atoms with E-state index in [1.165, 1.54) is 12.5 Å². The van der Waals surface area contributed by atoms with E-state index in [9.17, 15) is 9.59 Å². The van der Waals surface area contributed by atoms with Crippen molar-refractivity contribution in [1.29, 1.82) is 0 Å². The van der Waals surface area contributed by atoms with Crippen LogP contribution in [-0.2, 0) is 6.42 Å². The molecule has 4 N–H and O–H groups in total. The molecule has 0 aliphatic heterocycles. The van der Waals surface area contributed by atoms with Gasteiger partial charge in [0.1, 0.15) is 0 Å². The first-order chi connectivity index (χ1) is 14.4. The summed E-state index contributed by atoms with van der Waals surface area (Å²) in [4.78, 5) is 23.7. The average molecular weight is 411 g/mol. The minimum absolute atomic E-state index is 0.0461. The Labute approximate surface area is 182 Å². The quantitative estimate of drug-likeness (QED) is 0.565. The zero-order chi connectivity index (χ0) is 22.9. The summed E-state index contributed by atoms with van der Waals surface area (Å²) in [5, 5.41) is 0. The van der Waals surface area contributed by atoms with Crippen LogP contribution in [0.5, 0.6) is 0 Å². The Morgan fingerprint density at radius 3 is 2.00 bits per heavy atom. The summed E-state index contributed by atoms with van der Waals surface area (Å²) in [6.07, 6.45) is 5.20. The van der Waals surface area contributed by atoms with E-state index >= 15 is 0 Å². The second kappa shape index (κ2) is 16.1. The molecule has 4 heteroatoms. The van der Waals surface area contributed by atoms with Gasteiger partial charge in [-0.15, -0.1) is 0 Å². The number of carbonyl (C=O) groups excluding carboxylic acids is 2. The third-order valence-electron chi connectivity index (χ3n) is 4.36. The molecule has 2 rings (SSSR count). The zero-order valence-corrected chi connectivity index (χ0v) is 19.2. The Balaban J connectivity index is 0.000000628. The fourth-order valence-electron chi connectivity index (χ4n) is 2.59. The summed E-state index contributed by atoms with van der Waals surface area (Å²) in [6, 6.07) is 15.6. The smallest absolute Gasteiger partial charge is 0.163 e. The minimum atomic E-state index is -0.0462. The molecule has 0 saturated carbocycles. The van der Waals surface area contributed by atoms with E-state index in [2.05, 4.69) is 31.2 Å². The van der Waals surface area contributed by atoms with E-state index in [0.29, 0.717) is 28.8 Å². The summed E-state index contributed by atoms with van der Waals surface area (Å²) in [7, 11) is 0. The molecule has 0 atom stereocenters. The van der Waals surface area contributed by atoms with Gasteiger partial charge in [0.25, 0.3) is 0 Å².